The van der Waals surface area contributed by atoms with E-state index in [1.165, 1.54) is 11.3 Å². The zero-order chi connectivity index (χ0) is 15.4. The summed E-state index contributed by atoms with van der Waals surface area (Å²) < 4.78 is 1.11. The van der Waals surface area contributed by atoms with Crippen LogP contribution in [0.3, 0.4) is 0 Å². The van der Waals surface area contributed by atoms with E-state index in [1.807, 2.05) is 0 Å². The SMILES string of the molecule is CCCNC(C)c1cc(Br)ccc1N1CCC(C)C1CO. The molecule has 0 radical (unpaired) electrons. The predicted molar refractivity (Wildman–Crippen MR) is 92.9 cm³/mol. The summed E-state index contributed by atoms with van der Waals surface area (Å²) in [5, 5.41) is 13.3. The van der Waals surface area contributed by atoms with Gasteiger partial charge in [-0.1, -0.05) is 29.8 Å². The van der Waals surface area contributed by atoms with Crippen molar-refractivity contribution in [2.75, 3.05) is 24.6 Å². The van der Waals surface area contributed by atoms with Crippen LogP contribution in [0, 0.1) is 5.92 Å². The number of aliphatic hydroxyl groups excluding tert-OH is 1. The van der Waals surface area contributed by atoms with Crippen molar-refractivity contribution < 1.29 is 5.11 Å². The molecule has 0 bridgehead atoms. The van der Waals surface area contributed by atoms with Crippen molar-refractivity contribution in [1.82, 2.24) is 5.32 Å². The van der Waals surface area contributed by atoms with Crippen molar-refractivity contribution in [3.63, 3.8) is 0 Å². The van der Waals surface area contributed by atoms with E-state index in [2.05, 4.69) is 65.1 Å². The summed E-state index contributed by atoms with van der Waals surface area (Å²) in [6, 6.07) is 7.05. The third-order valence-electron chi connectivity index (χ3n) is 4.54. The van der Waals surface area contributed by atoms with Gasteiger partial charge in [-0.25, -0.2) is 0 Å². The van der Waals surface area contributed by atoms with Gasteiger partial charge in [0.2, 0.25) is 0 Å². The first-order valence-corrected chi connectivity index (χ1v) is 8.78. The van der Waals surface area contributed by atoms with Crippen molar-refractivity contribution in [2.24, 2.45) is 5.92 Å². The molecule has 0 saturated carbocycles. The third kappa shape index (κ3) is 3.79. The molecule has 3 atom stereocenters. The van der Waals surface area contributed by atoms with Gasteiger partial charge < -0.3 is 15.3 Å². The second-order valence-electron chi connectivity index (χ2n) is 6.09. The Morgan fingerprint density at radius 1 is 1.48 bits per heavy atom. The molecule has 0 aromatic heterocycles. The van der Waals surface area contributed by atoms with Gasteiger partial charge in [-0.2, -0.15) is 0 Å². The van der Waals surface area contributed by atoms with Crippen molar-refractivity contribution in [3.05, 3.63) is 28.2 Å². The number of nitrogens with one attached hydrogen (secondary N) is 1. The van der Waals surface area contributed by atoms with Crippen molar-refractivity contribution in [1.29, 1.82) is 0 Å². The van der Waals surface area contributed by atoms with Crippen LogP contribution >= 0.6 is 15.9 Å². The van der Waals surface area contributed by atoms with Crippen LogP contribution in [0.1, 0.15) is 45.2 Å². The van der Waals surface area contributed by atoms with Crippen LogP contribution in [-0.4, -0.2) is 30.8 Å². The zero-order valence-electron chi connectivity index (χ0n) is 13.3. The van der Waals surface area contributed by atoms with Gasteiger partial charge in [-0.3, -0.25) is 0 Å². The lowest BCUT2D eigenvalue weighted by molar-refractivity contribution is 0.244. The molecular weight excluding hydrogens is 328 g/mol. The lowest BCUT2D eigenvalue weighted by Crippen LogP contribution is -2.36. The average molecular weight is 355 g/mol. The standard InChI is InChI=1S/C17H27BrN2O/c1-4-8-19-13(3)15-10-14(18)5-6-16(15)20-9-7-12(2)17(20)11-21/h5-6,10,12-13,17,19,21H,4,7-9,11H2,1-3H3. The Hall–Kier alpha value is -0.580. The summed E-state index contributed by atoms with van der Waals surface area (Å²) in [5.41, 5.74) is 2.57. The number of hydrogen-bond acceptors (Lipinski definition) is 3. The molecule has 1 aliphatic heterocycles. The molecule has 1 heterocycles. The minimum atomic E-state index is 0.230. The smallest absolute Gasteiger partial charge is 0.0637 e. The summed E-state index contributed by atoms with van der Waals surface area (Å²) in [6.45, 7) is 8.92. The molecule has 21 heavy (non-hydrogen) atoms. The van der Waals surface area contributed by atoms with Gasteiger partial charge in [0.25, 0.3) is 0 Å². The number of nitrogens with zero attached hydrogens (tertiary/aromatic N) is 1. The first-order chi connectivity index (χ1) is 10.1. The Balaban J connectivity index is 2.30. The van der Waals surface area contributed by atoms with Gasteiger partial charge in [-0.15, -0.1) is 0 Å². The van der Waals surface area contributed by atoms with Crippen LogP contribution in [0.15, 0.2) is 22.7 Å². The third-order valence-corrected chi connectivity index (χ3v) is 5.03. The highest BCUT2D eigenvalue weighted by Gasteiger charge is 2.32. The number of benzene rings is 1. The van der Waals surface area contributed by atoms with Crippen LogP contribution in [-0.2, 0) is 0 Å². The number of anilines is 1. The molecule has 3 nitrogen and oxygen atoms in total. The molecular formula is C17H27BrN2O. The monoisotopic (exact) mass is 354 g/mol. The van der Waals surface area contributed by atoms with E-state index in [-0.39, 0.29) is 12.6 Å². The van der Waals surface area contributed by atoms with Gasteiger partial charge in [0.15, 0.2) is 0 Å². The van der Waals surface area contributed by atoms with E-state index in [1.54, 1.807) is 0 Å². The molecule has 0 spiro atoms. The van der Waals surface area contributed by atoms with Crippen molar-refractivity contribution in [3.8, 4) is 0 Å². The molecule has 1 fully saturated rings. The fourth-order valence-corrected chi connectivity index (χ4v) is 3.57. The van der Waals surface area contributed by atoms with E-state index in [0.29, 0.717) is 12.0 Å². The average Bonchev–Trinajstić information content (AvgIpc) is 2.85. The zero-order valence-corrected chi connectivity index (χ0v) is 14.9. The Bertz CT molecular complexity index is 466. The fraction of sp³-hybridized carbons (Fsp3) is 0.647. The van der Waals surface area contributed by atoms with Crippen LogP contribution in [0.5, 0.6) is 0 Å². The Morgan fingerprint density at radius 2 is 2.24 bits per heavy atom. The Kier molecular flexibility index (Phi) is 6.08. The Morgan fingerprint density at radius 3 is 2.90 bits per heavy atom. The van der Waals surface area contributed by atoms with E-state index in [4.69, 9.17) is 0 Å². The quantitative estimate of drug-likeness (QED) is 0.817. The highest BCUT2D eigenvalue weighted by molar-refractivity contribution is 9.10. The predicted octanol–water partition coefficient (Wildman–Crippen LogP) is 3.72. The molecule has 118 valence electrons. The molecule has 1 saturated heterocycles. The maximum absolute atomic E-state index is 9.73. The van der Waals surface area contributed by atoms with Gasteiger partial charge in [0.1, 0.15) is 0 Å². The van der Waals surface area contributed by atoms with Gasteiger partial charge in [-0.05, 0) is 56.0 Å². The molecule has 4 heteroatoms. The molecule has 1 aromatic carbocycles. The summed E-state index contributed by atoms with van der Waals surface area (Å²) >= 11 is 3.59. The molecule has 2 rings (SSSR count). The molecule has 2 N–H and O–H groups in total. The second-order valence-corrected chi connectivity index (χ2v) is 7.00. The number of aliphatic hydroxyl groups is 1. The van der Waals surface area contributed by atoms with Crippen LogP contribution < -0.4 is 10.2 Å². The minimum absolute atomic E-state index is 0.230. The number of rotatable bonds is 6. The summed E-state index contributed by atoms with van der Waals surface area (Å²) in [5.74, 6) is 0.547. The molecule has 0 amide bonds. The maximum Gasteiger partial charge on any atom is 0.0637 e. The van der Waals surface area contributed by atoms with Gasteiger partial charge >= 0.3 is 0 Å². The topological polar surface area (TPSA) is 35.5 Å². The highest BCUT2D eigenvalue weighted by atomic mass is 79.9. The normalized spacial score (nSPS) is 23.6. The van der Waals surface area contributed by atoms with E-state index >= 15 is 0 Å². The molecule has 0 aliphatic carbocycles. The number of hydrogen-bond donors (Lipinski definition) is 2. The molecule has 1 aromatic rings. The van der Waals surface area contributed by atoms with Crippen LogP contribution in [0.25, 0.3) is 0 Å². The summed E-state index contributed by atoms with van der Waals surface area (Å²) in [6.07, 6.45) is 2.28. The van der Waals surface area contributed by atoms with Crippen LogP contribution in [0.2, 0.25) is 0 Å². The molecule has 3 unspecified atom stereocenters. The fourth-order valence-electron chi connectivity index (χ4n) is 3.19. The number of halogens is 1. The minimum Gasteiger partial charge on any atom is -0.394 e. The second kappa shape index (κ2) is 7.61. The van der Waals surface area contributed by atoms with Crippen molar-refractivity contribution in [2.45, 2.75) is 45.7 Å². The van der Waals surface area contributed by atoms with Gasteiger partial charge in [0, 0.05) is 22.7 Å². The lowest BCUT2D eigenvalue weighted by atomic mass is 10.0. The lowest BCUT2D eigenvalue weighted by Gasteiger charge is -2.31. The highest BCUT2D eigenvalue weighted by Crippen LogP contribution is 2.35. The largest absolute Gasteiger partial charge is 0.394 e. The van der Waals surface area contributed by atoms with E-state index in [0.717, 1.165) is 30.4 Å². The Labute approximate surface area is 136 Å². The van der Waals surface area contributed by atoms with E-state index in [9.17, 15) is 5.11 Å². The summed E-state index contributed by atoms with van der Waals surface area (Å²) in [4.78, 5) is 2.39. The first kappa shape index (κ1) is 16.8. The van der Waals surface area contributed by atoms with Crippen LogP contribution in [0.4, 0.5) is 5.69 Å². The van der Waals surface area contributed by atoms with Gasteiger partial charge in [0.05, 0.1) is 12.6 Å². The van der Waals surface area contributed by atoms with E-state index < -0.39 is 0 Å². The molecule has 1 aliphatic rings. The maximum atomic E-state index is 9.73. The van der Waals surface area contributed by atoms with Crippen molar-refractivity contribution >= 4 is 21.6 Å². The first-order valence-electron chi connectivity index (χ1n) is 7.98. The summed E-state index contributed by atoms with van der Waals surface area (Å²) in [7, 11) is 0.